The van der Waals surface area contributed by atoms with Crippen LogP contribution in [-0.2, 0) is 0 Å². The van der Waals surface area contributed by atoms with Crippen LogP contribution >= 0.6 is 0 Å². The first-order chi connectivity index (χ1) is 12.8. The van der Waals surface area contributed by atoms with Gasteiger partial charge in [0.05, 0.1) is 0 Å². The Hall–Kier alpha value is -3.08. The minimum absolute atomic E-state index is 0.825. The summed E-state index contributed by atoms with van der Waals surface area (Å²) in [6.45, 7) is 5.98. The molecule has 3 aromatic rings. The average Bonchev–Trinajstić information content (AvgIpc) is 2.69. The number of hydrogen-bond acceptors (Lipinski definition) is 5. The number of piperazine rings is 1. The summed E-state index contributed by atoms with van der Waals surface area (Å²) < 4.78 is 0. The normalized spacial score (nSPS) is 14.3. The Morgan fingerprint density at radius 1 is 0.808 bits per heavy atom. The van der Waals surface area contributed by atoms with Gasteiger partial charge >= 0.3 is 0 Å². The number of hydrogen-bond donors (Lipinski definition) is 1. The second kappa shape index (κ2) is 7.44. The Bertz CT molecular complexity index is 857. The number of rotatable bonds is 4. The molecule has 0 aliphatic carbocycles. The maximum atomic E-state index is 4.48. The van der Waals surface area contributed by atoms with Crippen molar-refractivity contribution in [1.82, 2.24) is 9.97 Å². The number of nitrogens with zero attached hydrogens (tertiary/aromatic N) is 4. The fourth-order valence-corrected chi connectivity index (χ4v) is 3.29. The van der Waals surface area contributed by atoms with Crippen LogP contribution in [0.15, 0.2) is 67.0 Å². The van der Waals surface area contributed by atoms with Crippen molar-refractivity contribution in [3.63, 3.8) is 0 Å². The van der Waals surface area contributed by atoms with Gasteiger partial charge in [-0.3, -0.25) is 0 Å². The second-order valence-corrected chi connectivity index (χ2v) is 6.57. The van der Waals surface area contributed by atoms with Crippen molar-refractivity contribution in [2.45, 2.75) is 6.92 Å². The van der Waals surface area contributed by atoms with Gasteiger partial charge in [0, 0.05) is 43.6 Å². The number of nitrogens with one attached hydrogen (secondary N) is 1. The molecule has 0 amide bonds. The largest absolute Gasteiger partial charge is 0.368 e. The number of anilines is 4. The van der Waals surface area contributed by atoms with Crippen molar-refractivity contribution >= 4 is 23.0 Å². The highest BCUT2D eigenvalue weighted by molar-refractivity contribution is 5.60. The van der Waals surface area contributed by atoms with E-state index in [2.05, 4.69) is 74.5 Å². The van der Waals surface area contributed by atoms with E-state index in [0.29, 0.717) is 0 Å². The first-order valence-corrected chi connectivity index (χ1v) is 8.99. The number of aromatic nitrogens is 2. The Morgan fingerprint density at radius 3 is 2.35 bits per heavy atom. The summed E-state index contributed by atoms with van der Waals surface area (Å²) in [5.41, 5.74) is 3.56. The molecule has 132 valence electrons. The molecule has 1 aromatic heterocycles. The van der Waals surface area contributed by atoms with Crippen LogP contribution in [0.3, 0.4) is 0 Å². The summed E-state index contributed by atoms with van der Waals surface area (Å²) in [5.74, 6) is 1.80. The summed E-state index contributed by atoms with van der Waals surface area (Å²) in [6, 6.07) is 20.9. The van der Waals surface area contributed by atoms with Crippen LogP contribution in [0.2, 0.25) is 0 Å². The predicted molar refractivity (Wildman–Crippen MR) is 107 cm³/mol. The lowest BCUT2D eigenvalue weighted by molar-refractivity contribution is 0.647. The maximum Gasteiger partial charge on any atom is 0.135 e. The van der Waals surface area contributed by atoms with E-state index >= 15 is 0 Å². The highest BCUT2D eigenvalue weighted by Crippen LogP contribution is 2.22. The van der Waals surface area contributed by atoms with Gasteiger partial charge in [0.2, 0.25) is 0 Å². The fraction of sp³-hybridized carbons (Fsp3) is 0.238. The molecule has 5 nitrogen and oxygen atoms in total. The molecule has 4 rings (SSSR count). The summed E-state index contributed by atoms with van der Waals surface area (Å²) in [4.78, 5) is 13.6. The Morgan fingerprint density at radius 2 is 1.58 bits per heavy atom. The molecule has 1 N–H and O–H groups in total. The first kappa shape index (κ1) is 16.4. The van der Waals surface area contributed by atoms with Crippen molar-refractivity contribution < 1.29 is 0 Å². The molecule has 0 radical (unpaired) electrons. The predicted octanol–water partition coefficient (Wildman–Crippen LogP) is 3.86. The van der Waals surface area contributed by atoms with E-state index in [4.69, 9.17) is 0 Å². The SMILES string of the molecule is Cc1cccc(Nc2cc(N3CCN(c4ccccc4)CC3)ncn2)c1. The third-order valence-corrected chi connectivity index (χ3v) is 4.67. The van der Waals surface area contributed by atoms with Gasteiger partial charge < -0.3 is 15.1 Å². The average molecular weight is 345 g/mol. The molecule has 2 aromatic carbocycles. The van der Waals surface area contributed by atoms with E-state index in [1.165, 1.54) is 11.3 Å². The zero-order chi connectivity index (χ0) is 17.8. The molecular weight excluding hydrogens is 322 g/mol. The Balaban J connectivity index is 1.43. The van der Waals surface area contributed by atoms with Gasteiger partial charge in [-0.25, -0.2) is 9.97 Å². The quantitative estimate of drug-likeness (QED) is 0.778. The highest BCUT2D eigenvalue weighted by atomic mass is 15.3. The minimum Gasteiger partial charge on any atom is -0.368 e. The van der Waals surface area contributed by atoms with Gasteiger partial charge in [-0.15, -0.1) is 0 Å². The minimum atomic E-state index is 0.825. The molecule has 0 saturated carbocycles. The summed E-state index contributed by atoms with van der Waals surface area (Å²) in [7, 11) is 0. The maximum absolute atomic E-state index is 4.48. The van der Waals surface area contributed by atoms with Crippen molar-refractivity contribution in [2.75, 3.05) is 41.3 Å². The Kier molecular flexibility index (Phi) is 4.69. The van der Waals surface area contributed by atoms with Crippen molar-refractivity contribution in [3.05, 3.63) is 72.6 Å². The van der Waals surface area contributed by atoms with Gasteiger partial charge in [-0.05, 0) is 36.8 Å². The highest BCUT2D eigenvalue weighted by Gasteiger charge is 2.18. The fourth-order valence-electron chi connectivity index (χ4n) is 3.29. The van der Waals surface area contributed by atoms with Crippen molar-refractivity contribution in [1.29, 1.82) is 0 Å². The molecule has 1 saturated heterocycles. The number of para-hydroxylation sites is 1. The van der Waals surface area contributed by atoms with E-state index in [-0.39, 0.29) is 0 Å². The van der Waals surface area contributed by atoms with Gasteiger partial charge in [-0.2, -0.15) is 0 Å². The van der Waals surface area contributed by atoms with Gasteiger partial charge in [-0.1, -0.05) is 30.3 Å². The molecule has 2 heterocycles. The number of benzene rings is 2. The first-order valence-electron chi connectivity index (χ1n) is 8.99. The van der Waals surface area contributed by atoms with Gasteiger partial charge in [0.15, 0.2) is 0 Å². The zero-order valence-corrected chi connectivity index (χ0v) is 15.0. The van der Waals surface area contributed by atoms with E-state index in [9.17, 15) is 0 Å². The van der Waals surface area contributed by atoms with Gasteiger partial charge in [0.25, 0.3) is 0 Å². The molecule has 0 spiro atoms. The van der Waals surface area contributed by atoms with E-state index < -0.39 is 0 Å². The smallest absolute Gasteiger partial charge is 0.135 e. The summed E-state index contributed by atoms with van der Waals surface area (Å²) >= 11 is 0. The lowest BCUT2D eigenvalue weighted by Gasteiger charge is -2.36. The lowest BCUT2D eigenvalue weighted by Crippen LogP contribution is -2.46. The van der Waals surface area contributed by atoms with E-state index in [1.807, 2.05) is 18.2 Å². The second-order valence-electron chi connectivity index (χ2n) is 6.57. The topological polar surface area (TPSA) is 44.3 Å². The molecule has 0 unspecified atom stereocenters. The zero-order valence-electron chi connectivity index (χ0n) is 15.0. The van der Waals surface area contributed by atoms with Gasteiger partial charge in [0.1, 0.15) is 18.0 Å². The molecule has 0 bridgehead atoms. The van der Waals surface area contributed by atoms with Crippen LogP contribution in [-0.4, -0.2) is 36.1 Å². The van der Waals surface area contributed by atoms with Crippen LogP contribution in [0.1, 0.15) is 5.56 Å². The molecule has 5 heteroatoms. The van der Waals surface area contributed by atoms with Crippen LogP contribution in [0, 0.1) is 6.92 Å². The molecule has 0 atom stereocenters. The van der Waals surface area contributed by atoms with Crippen LogP contribution < -0.4 is 15.1 Å². The summed E-state index contributed by atoms with van der Waals surface area (Å²) in [6.07, 6.45) is 1.64. The van der Waals surface area contributed by atoms with Crippen molar-refractivity contribution in [3.8, 4) is 0 Å². The molecular formula is C21H23N5. The monoisotopic (exact) mass is 345 g/mol. The van der Waals surface area contributed by atoms with Crippen LogP contribution in [0.4, 0.5) is 23.0 Å². The third-order valence-electron chi connectivity index (χ3n) is 4.67. The van der Waals surface area contributed by atoms with E-state index in [1.54, 1.807) is 6.33 Å². The van der Waals surface area contributed by atoms with Crippen molar-refractivity contribution in [2.24, 2.45) is 0 Å². The number of aryl methyl sites for hydroxylation is 1. The molecule has 1 aliphatic heterocycles. The molecule has 1 aliphatic rings. The van der Waals surface area contributed by atoms with Crippen LogP contribution in [0.5, 0.6) is 0 Å². The summed E-state index contributed by atoms with van der Waals surface area (Å²) in [5, 5.41) is 3.37. The lowest BCUT2D eigenvalue weighted by atomic mass is 10.2. The van der Waals surface area contributed by atoms with E-state index in [0.717, 1.165) is 43.5 Å². The molecule has 1 fully saturated rings. The molecule has 26 heavy (non-hydrogen) atoms. The Labute approximate surface area is 154 Å². The third kappa shape index (κ3) is 3.77. The standard InChI is InChI=1S/C21H23N5/c1-17-6-5-7-18(14-17)24-20-15-21(23-16-22-20)26-12-10-25(11-13-26)19-8-3-2-4-9-19/h2-9,14-16H,10-13H2,1H3,(H,22,23,24). The van der Waals surface area contributed by atoms with Crippen LogP contribution in [0.25, 0.3) is 0 Å².